The second-order valence-electron chi connectivity index (χ2n) is 5.84. The van der Waals surface area contributed by atoms with Gasteiger partial charge in [0.25, 0.3) is 0 Å². The molecule has 1 aromatic rings. The van der Waals surface area contributed by atoms with E-state index in [2.05, 4.69) is 15.9 Å². The summed E-state index contributed by atoms with van der Waals surface area (Å²) in [6.07, 6.45) is 0.892. The van der Waals surface area contributed by atoms with Gasteiger partial charge in [-0.2, -0.15) is 5.26 Å². The summed E-state index contributed by atoms with van der Waals surface area (Å²) in [7, 11) is 0. The first-order valence-corrected chi connectivity index (χ1v) is 7.47. The number of rotatable bonds is 3. The molecule has 0 bridgehead atoms. The standard InChI is InChI=1S/C16H20FN3O/c1-12(10-18)20-6-4-19(5-7-20)11-15-9-13-8-14(17)2-3-16(13)21-15/h2-3,8,12,15H,4-7,9,11H2,1H3. The lowest BCUT2D eigenvalue weighted by Gasteiger charge is -2.36. The zero-order valence-electron chi connectivity index (χ0n) is 12.3. The predicted molar refractivity (Wildman–Crippen MR) is 77.6 cm³/mol. The molecule has 2 aliphatic heterocycles. The summed E-state index contributed by atoms with van der Waals surface area (Å²) in [4.78, 5) is 4.57. The topological polar surface area (TPSA) is 39.5 Å². The predicted octanol–water partition coefficient (Wildman–Crippen LogP) is 1.66. The van der Waals surface area contributed by atoms with Gasteiger partial charge in [0.1, 0.15) is 17.7 Å². The normalized spacial score (nSPS) is 24.1. The highest BCUT2D eigenvalue weighted by atomic mass is 19.1. The van der Waals surface area contributed by atoms with Crippen LogP contribution in [-0.4, -0.2) is 54.7 Å². The smallest absolute Gasteiger partial charge is 0.123 e. The molecule has 2 unspecified atom stereocenters. The van der Waals surface area contributed by atoms with Crippen LogP contribution < -0.4 is 4.74 Å². The number of benzene rings is 1. The lowest BCUT2D eigenvalue weighted by Crippen LogP contribution is -2.51. The number of nitriles is 1. The van der Waals surface area contributed by atoms with E-state index in [0.29, 0.717) is 0 Å². The molecule has 5 heteroatoms. The van der Waals surface area contributed by atoms with Gasteiger partial charge in [-0.1, -0.05) is 0 Å². The minimum atomic E-state index is -0.197. The van der Waals surface area contributed by atoms with Crippen molar-refractivity contribution in [2.45, 2.75) is 25.5 Å². The molecule has 1 saturated heterocycles. The van der Waals surface area contributed by atoms with Crippen LogP contribution >= 0.6 is 0 Å². The number of hydrogen-bond acceptors (Lipinski definition) is 4. The van der Waals surface area contributed by atoms with Crippen LogP contribution in [0.1, 0.15) is 12.5 Å². The van der Waals surface area contributed by atoms with Crippen molar-refractivity contribution in [2.24, 2.45) is 0 Å². The van der Waals surface area contributed by atoms with Crippen LogP contribution in [0.25, 0.3) is 0 Å². The Bertz CT molecular complexity index is 549. The lowest BCUT2D eigenvalue weighted by atomic mass is 10.1. The number of fused-ring (bicyclic) bond motifs is 1. The molecule has 0 N–H and O–H groups in total. The van der Waals surface area contributed by atoms with Crippen LogP contribution in [0.4, 0.5) is 4.39 Å². The number of halogens is 1. The van der Waals surface area contributed by atoms with E-state index < -0.39 is 0 Å². The van der Waals surface area contributed by atoms with Gasteiger partial charge in [-0.3, -0.25) is 9.80 Å². The molecular weight excluding hydrogens is 269 g/mol. The molecule has 0 spiro atoms. The first-order valence-electron chi connectivity index (χ1n) is 7.47. The van der Waals surface area contributed by atoms with E-state index in [4.69, 9.17) is 10.00 Å². The molecule has 0 saturated carbocycles. The summed E-state index contributed by atoms with van der Waals surface area (Å²) < 4.78 is 19.1. The Morgan fingerprint density at radius 1 is 1.38 bits per heavy atom. The second kappa shape index (κ2) is 6.00. The zero-order chi connectivity index (χ0) is 14.8. The molecule has 2 atom stereocenters. The molecule has 21 heavy (non-hydrogen) atoms. The van der Waals surface area contributed by atoms with Crippen molar-refractivity contribution in [3.63, 3.8) is 0 Å². The Morgan fingerprint density at radius 2 is 2.14 bits per heavy atom. The highest BCUT2D eigenvalue weighted by molar-refractivity contribution is 5.37. The van der Waals surface area contributed by atoms with Crippen molar-refractivity contribution in [1.82, 2.24) is 9.80 Å². The van der Waals surface area contributed by atoms with Crippen LogP contribution in [0, 0.1) is 17.1 Å². The third kappa shape index (κ3) is 3.17. The Hall–Kier alpha value is -1.64. The Balaban J connectivity index is 1.51. The summed E-state index contributed by atoms with van der Waals surface area (Å²) in [5.74, 6) is 0.621. The summed E-state index contributed by atoms with van der Waals surface area (Å²) in [6.45, 7) is 6.56. The number of hydrogen-bond donors (Lipinski definition) is 0. The van der Waals surface area contributed by atoms with E-state index in [9.17, 15) is 4.39 Å². The van der Waals surface area contributed by atoms with Crippen LogP contribution in [-0.2, 0) is 6.42 Å². The van der Waals surface area contributed by atoms with Gasteiger partial charge >= 0.3 is 0 Å². The van der Waals surface area contributed by atoms with Crippen LogP contribution in [0.5, 0.6) is 5.75 Å². The maximum Gasteiger partial charge on any atom is 0.123 e. The largest absolute Gasteiger partial charge is 0.488 e. The fourth-order valence-electron chi connectivity index (χ4n) is 3.09. The molecule has 0 aliphatic carbocycles. The first kappa shape index (κ1) is 14.3. The highest BCUT2D eigenvalue weighted by Crippen LogP contribution is 2.29. The van der Waals surface area contributed by atoms with Gasteiger partial charge < -0.3 is 4.74 Å². The van der Waals surface area contributed by atoms with Gasteiger partial charge in [-0.15, -0.1) is 0 Å². The van der Waals surface area contributed by atoms with Crippen LogP contribution in [0.3, 0.4) is 0 Å². The summed E-state index contributed by atoms with van der Waals surface area (Å²) in [5.41, 5.74) is 0.969. The molecule has 0 aromatic heterocycles. The molecule has 0 amide bonds. The van der Waals surface area contributed by atoms with Gasteiger partial charge in [0, 0.05) is 44.7 Å². The van der Waals surface area contributed by atoms with Gasteiger partial charge in [0.05, 0.1) is 12.1 Å². The van der Waals surface area contributed by atoms with Gasteiger partial charge in [-0.25, -0.2) is 4.39 Å². The SMILES string of the molecule is CC(C#N)N1CCN(CC2Cc3cc(F)ccc3O2)CC1. The average molecular weight is 289 g/mol. The Labute approximate surface area is 124 Å². The third-order valence-corrected chi connectivity index (χ3v) is 4.37. The average Bonchev–Trinajstić information content (AvgIpc) is 2.88. The van der Waals surface area contributed by atoms with Gasteiger partial charge in [-0.05, 0) is 25.1 Å². The van der Waals surface area contributed by atoms with Crippen LogP contribution in [0.15, 0.2) is 18.2 Å². The summed E-state index contributed by atoms with van der Waals surface area (Å²) in [5, 5.41) is 8.95. The lowest BCUT2D eigenvalue weighted by molar-refractivity contribution is 0.0846. The highest BCUT2D eigenvalue weighted by Gasteiger charge is 2.27. The van der Waals surface area contributed by atoms with Gasteiger partial charge in [0.15, 0.2) is 0 Å². The Morgan fingerprint density at radius 3 is 2.86 bits per heavy atom. The maximum atomic E-state index is 13.2. The second-order valence-corrected chi connectivity index (χ2v) is 5.84. The van der Waals surface area contributed by atoms with Crippen LogP contribution in [0.2, 0.25) is 0 Å². The molecule has 1 aromatic carbocycles. The fraction of sp³-hybridized carbons (Fsp3) is 0.562. The van der Waals surface area contributed by atoms with Crippen molar-refractivity contribution in [3.05, 3.63) is 29.6 Å². The molecule has 3 rings (SSSR count). The monoisotopic (exact) mass is 289 g/mol. The Kier molecular flexibility index (Phi) is 4.09. The van der Waals surface area contributed by atoms with E-state index in [-0.39, 0.29) is 18.0 Å². The minimum absolute atomic E-state index is 0.0119. The molecule has 1 fully saturated rings. The molecule has 112 valence electrons. The quantitative estimate of drug-likeness (QED) is 0.848. The van der Waals surface area contributed by atoms with E-state index in [0.717, 1.165) is 50.5 Å². The number of piperazine rings is 1. The number of nitrogens with zero attached hydrogens (tertiary/aromatic N) is 3. The minimum Gasteiger partial charge on any atom is -0.488 e. The van der Waals surface area contributed by atoms with E-state index in [1.807, 2.05) is 6.92 Å². The molecular formula is C16H20FN3O. The van der Waals surface area contributed by atoms with E-state index in [1.165, 1.54) is 6.07 Å². The third-order valence-electron chi connectivity index (χ3n) is 4.37. The summed E-state index contributed by atoms with van der Waals surface area (Å²) >= 11 is 0. The van der Waals surface area contributed by atoms with Crippen molar-refractivity contribution >= 4 is 0 Å². The zero-order valence-corrected chi connectivity index (χ0v) is 12.3. The molecule has 4 nitrogen and oxygen atoms in total. The van der Waals surface area contributed by atoms with Gasteiger partial charge in [0.2, 0.25) is 0 Å². The maximum absolute atomic E-state index is 13.2. The van der Waals surface area contributed by atoms with E-state index >= 15 is 0 Å². The number of ether oxygens (including phenoxy) is 1. The van der Waals surface area contributed by atoms with Crippen molar-refractivity contribution in [1.29, 1.82) is 5.26 Å². The summed E-state index contributed by atoms with van der Waals surface area (Å²) in [6, 6.07) is 7.01. The first-order chi connectivity index (χ1) is 10.2. The molecule has 2 heterocycles. The van der Waals surface area contributed by atoms with Crippen molar-refractivity contribution < 1.29 is 9.13 Å². The van der Waals surface area contributed by atoms with Crippen molar-refractivity contribution in [2.75, 3.05) is 32.7 Å². The van der Waals surface area contributed by atoms with E-state index in [1.54, 1.807) is 12.1 Å². The molecule has 2 aliphatic rings. The fourth-order valence-corrected chi connectivity index (χ4v) is 3.09. The molecule has 0 radical (unpaired) electrons. The van der Waals surface area contributed by atoms with Crippen molar-refractivity contribution in [3.8, 4) is 11.8 Å².